The van der Waals surface area contributed by atoms with Crippen molar-refractivity contribution in [2.24, 2.45) is 0 Å². The summed E-state index contributed by atoms with van der Waals surface area (Å²) in [5, 5.41) is 32.7. The number of hydrogen-bond acceptors (Lipinski definition) is 4. The van der Waals surface area contributed by atoms with E-state index in [1.165, 1.54) is 0 Å². The monoisotopic (exact) mass is 342 g/mol. The third kappa shape index (κ3) is 2.79. The molecule has 4 heteroatoms. The van der Waals surface area contributed by atoms with Crippen LogP contribution in [0.2, 0.25) is 0 Å². The van der Waals surface area contributed by atoms with Gasteiger partial charge >= 0.3 is 0 Å². The highest BCUT2D eigenvalue weighted by molar-refractivity contribution is 5.71. The fourth-order valence-corrected chi connectivity index (χ4v) is 3.65. The van der Waals surface area contributed by atoms with Crippen LogP contribution in [0.15, 0.2) is 60.7 Å². The number of aromatic hydroxyl groups is 2. The SMILES string of the molecule is N#Cc1cccc(-c2ccccc2)c1C1Cc2cc(O)c(O)cc2CN1. The van der Waals surface area contributed by atoms with E-state index < -0.39 is 0 Å². The van der Waals surface area contributed by atoms with E-state index in [0.717, 1.165) is 27.8 Å². The Bertz CT molecular complexity index is 1010. The summed E-state index contributed by atoms with van der Waals surface area (Å²) < 4.78 is 0. The van der Waals surface area contributed by atoms with Crippen LogP contribution in [0.3, 0.4) is 0 Å². The molecule has 0 aliphatic carbocycles. The standard InChI is InChI=1S/C22H18N2O2/c23-12-15-7-4-8-18(14-5-2-1-3-6-14)22(15)19-9-16-10-20(25)21(26)11-17(16)13-24-19/h1-8,10-11,19,24-26H,9,13H2. The Morgan fingerprint density at radius 2 is 1.65 bits per heavy atom. The number of rotatable bonds is 2. The summed E-state index contributed by atoms with van der Waals surface area (Å²) in [5.74, 6) is -0.215. The van der Waals surface area contributed by atoms with Gasteiger partial charge in [0.1, 0.15) is 0 Å². The third-order valence-corrected chi connectivity index (χ3v) is 4.92. The van der Waals surface area contributed by atoms with Crippen LogP contribution in [-0.4, -0.2) is 10.2 Å². The van der Waals surface area contributed by atoms with E-state index in [0.29, 0.717) is 18.5 Å². The van der Waals surface area contributed by atoms with Gasteiger partial charge in [0.2, 0.25) is 0 Å². The zero-order chi connectivity index (χ0) is 18.1. The molecule has 0 amide bonds. The third-order valence-electron chi connectivity index (χ3n) is 4.92. The van der Waals surface area contributed by atoms with E-state index >= 15 is 0 Å². The Kier molecular flexibility index (Phi) is 4.08. The molecular formula is C22H18N2O2. The van der Waals surface area contributed by atoms with Crippen molar-refractivity contribution in [3.63, 3.8) is 0 Å². The Labute approximate surface area is 152 Å². The summed E-state index contributed by atoms with van der Waals surface area (Å²) in [6, 6.07) is 21.3. The van der Waals surface area contributed by atoms with Gasteiger partial charge in [-0.2, -0.15) is 5.26 Å². The van der Waals surface area contributed by atoms with Crippen molar-refractivity contribution in [1.29, 1.82) is 5.26 Å². The lowest BCUT2D eigenvalue weighted by Crippen LogP contribution is -2.29. The molecule has 4 rings (SSSR count). The number of nitrogens with one attached hydrogen (secondary N) is 1. The maximum Gasteiger partial charge on any atom is 0.157 e. The highest BCUT2D eigenvalue weighted by Crippen LogP contribution is 2.37. The van der Waals surface area contributed by atoms with E-state index in [9.17, 15) is 15.5 Å². The number of benzene rings is 3. The second-order valence-corrected chi connectivity index (χ2v) is 6.49. The number of hydrogen-bond donors (Lipinski definition) is 3. The first-order valence-corrected chi connectivity index (χ1v) is 8.53. The summed E-state index contributed by atoms with van der Waals surface area (Å²) in [4.78, 5) is 0. The lowest BCUT2D eigenvalue weighted by atomic mass is 9.85. The zero-order valence-electron chi connectivity index (χ0n) is 14.1. The van der Waals surface area contributed by atoms with Crippen LogP contribution in [0.25, 0.3) is 11.1 Å². The molecule has 0 aromatic heterocycles. The Morgan fingerprint density at radius 3 is 2.38 bits per heavy atom. The molecule has 26 heavy (non-hydrogen) atoms. The number of nitrogens with zero attached hydrogens (tertiary/aromatic N) is 1. The summed E-state index contributed by atoms with van der Waals surface area (Å²) >= 11 is 0. The summed E-state index contributed by atoms with van der Waals surface area (Å²) in [7, 11) is 0. The second kappa shape index (κ2) is 6.55. The van der Waals surface area contributed by atoms with Crippen molar-refractivity contribution in [3.8, 4) is 28.7 Å². The minimum absolute atomic E-state index is 0.0440. The van der Waals surface area contributed by atoms with Gasteiger partial charge in [0.25, 0.3) is 0 Å². The molecule has 4 nitrogen and oxygen atoms in total. The zero-order valence-corrected chi connectivity index (χ0v) is 14.1. The fourth-order valence-electron chi connectivity index (χ4n) is 3.65. The molecule has 0 bridgehead atoms. The normalized spacial score (nSPS) is 15.9. The van der Waals surface area contributed by atoms with Crippen LogP contribution >= 0.6 is 0 Å². The molecule has 1 heterocycles. The molecule has 0 spiro atoms. The minimum Gasteiger partial charge on any atom is -0.504 e. The smallest absolute Gasteiger partial charge is 0.157 e. The molecule has 0 saturated carbocycles. The van der Waals surface area contributed by atoms with Crippen LogP contribution in [-0.2, 0) is 13.0 Å². The first-order valence-electron chi connectivity index (χ1n) is 8.53. The van der Waals surface area contributed by atoms with Crippen LogP contribution in [0.5, 0.6) is 11.5 Å². The van der Waals surface area contributed by atoms with E-state index in [1.807, 2.05) is 48.5 Å². The summed E-state index contributed by atoms with van der Waals surface area (Å²) in [6.45, 7) is 0.571. The number of fused-ring (bicyclic) bond motifs is 1. The van der Waals surface area contributed by atoms with Crippen molar-refractivity contribution < 1.29 is 10.2 Å². The molecule has 3 N–H and O–H groups in total. The van der Waals surface area contributed by atoms with Gasteiger partial charge in [-0.05, 0) is 52.4 Å². The topological polar surface area (TPSA) is 76.3 Å². The number of phenolic OH excluding ortho intramolecular Hbond substituents is 2. The van der Waals surface area contributed by atoms with E-state index in [4.69, 9.17) is 0 Å². The maximum atomic E-state index is 9.84. The van der Waals surface area contributed by atoms with Gasteiger partial charge in [0, 0.05) is 12.6 Å². The van der Waals surface area contributed by atoms with Gasteiger partial charge in [-0.15, -0.1) is 0 Å². The summed E-state index contributed by atoms with van der Waals surface area (Å²) in [5.41, 5.74) is 5.67. The Balaban J connectivity index is 1.81. The van der Waals surface area contributed by atoms with Gasteiger partial charge in [-0.3, -0.25) is 0 Å². The molecule has 3 aromatic rings. The fraction of sp³-hybridized carbons (Fsp3) is 0.136. The minimum atomic E-state index is -0.110. The molecule has 1 unspecified atom stereocenters. The largest absolute Gasteiger partial charge is 0.504 e. The molecule has 1 aliphatic heterocycles. The molecule has 128 valence electrons. The van der Waals surface area contributed by atoms with Crippen molar-refractivity contribution >= 4 is 0 Å². The lowest BCUT2D eigenvalue weighted by Gasteiger charge is -2.29. The number of nitriles is 1. The predicted octanol–water partition coefficient (Wildman–Crippen LogP) is 4.02. The van der Waals surface area contributed by atoms with Gasteiger partial charge in [0.15, 0.2) is 11.5 Å². The molecule has 1 aliphatic rings. The van der Waals surface area contributed by atoms with Crippen LogP contribution in [0.4, 0.5) is 0 Å². The van der Waals surface area contributed by atoms with Crippen molar-refractivity contribution in [2.75, 3.05) is 0 Å². The molecular weight excluding hydrogens is 324 g/mol. The maximum absolute atomic E-state index is 9.84. The van der Waals surface area contributed by atoms with Gasteiger partial charge < -0.3 is 15.5 Å². The van der Waals surface area contributed by atoms with Crippen molar-refractivity contribution in [3.05, 3.63) is 82.9 Å². The molecule has 0 radical (unpaired) electrons. The van der Waals surface area contributed by atoms with E-state index in [2.05, 4.69) is 11.4 Å². The van der Waals surface area contributed by atoms with Crippen molar-refractivity contribution in [1.82, 2.24) is 5.32 Å². The Morgan fingerprint density at radius 1 is 0.923 bits per heavy atom. The van der Waals surface area contributed by atoms with E-state index in [1.54, 1.807) is 12.1 Å². The van der Waals surface area contributed by atoms with Gasteiger partial charge in [-0.25, -0.2) is 0 Å². The van der Waals surface area contributed by atoms with Crippen LogP contribution in [0, 0.1) is 11.3 Å². The Hall–Kier alpha value is -3.29. The first kappa shape index (κ1) is 16.2. The molecule has 3 aromatic carbocycles. The highest BCUT2D eigenvalue weighted by Gasteiger charge is 2.25. The van der Waals surface area contributed by atoms with E-state index in [-0.39, 0.29) is 17.5 Å². The molecule has 0 fully saturated rings. The average molecular weight is 342 g/mol. The average Bonchev–Trinajstić information content (AvgIpc) is 2.68. The number of phenols is 2. The highest BCUT2D eigenvalue weighted by atomic mass is 16.3. The molecule has 0 saturated heterocycles. The lowest BCUT2D eigenvalue weighted by molar-refractivity contribution is 0.399. The quantitative estimate of drug-likeness (QED) is 0.615. The summed E-state index contributed by atoms with van der Waals surface area (Å²) in [6.07, 6.45) is 0.641. The van der Waals surface area contributed by atoms with Crippen LogP contribution in [0.1, 0.15) is 28.3 Å². The molecule has 1 atom stereocenters. The van der Waals surface area contributed by atoms with Gasteiger partial charge in [0.05, 0.1) is 11.6 Å². The first-order chi connectivity index (χ1) is 12.7. The van der Waals surface area contributed by atoms with Gasteiger partial charge in [-0.1, -0.05) is 42.5 Å². The predicted molar refractivity (Wildman–Crippen MR) is 99.6 cm³/mol. The second-order valence-electron chi connectivity index (χ2n) is 6.49. The van der Waals surface area contributed by atoms with Crippen LogP contribution < -0.4 is 5.32 Å². The van der Waals surface area contributed by atoms with Crippen molar-refractivity contribution in [2.45, 2.75) is 19.0 Å².